The third-order valence-electron chi connectivity index (χ3n) is 4.51. The number of rotatable bonds is 5. The zero-order valence-electron chi connectivity index (χ0n) is 17.9. The van der Waals surface area contributed by atoms with Crippen LogP contribution in [-0.4, -0.2) is 33.3 Å². The number of ether oxygens (including phenoxy) is 2. The largest absolute Gasteiger partial charge is 0.495 e. The van der Waals surface area contributed by atoms with Crippen molar-refractivity contribution >= 4 is 23.3 Å². The van der Waals surface area contributed by atoms with Crippen molar-refractivity contribution in [3.05, 3.63) is 72.4 Å². The number of fused-ring (bicyclic) bond motifs is 1. The molecule has 0 aliphatic heterocycles. The van der Waals surface area contributed by atoms with Gasteiger partial charge in [0.05, 0.1) is 18.4 Å². The van der Waals surface area contributed by atoms with Crippen LogP contribution in [-0.2, 0) is 4.74 Å². The fraction of sp³-hybridized carbons (Fsp3) is 0.208. The van der Waals surface area contributed by atoms with Gasteiger partial charge in [0.25, 0.3) is 0 Å². The summed E-state index contributed by atoms with van der Waals surface area (Å²) in [5.74, 6) is 0.824. The molecule has 0 aliphatic carbocycles. The van der Waals surface area contributed by atoms with Crippen molar-refractivity contribution < 1.29 is 14.3 Å². The van der Waals surface area contributed by atoms with E-state index in [1.165, 1.54) is 0 Å². The standard InChI is InChI=1S/C24H24N4O3/c1-24(2,3)31-22(29)17-9-7-8-16(14-17)18-12-13-21-26-23(27-28(21)15-18)25-19-10-5-6-11-20(19)30-4/h5-15H,1-4H3,(H,25,27). The number of hydrogen-bond acceptors (Lipinski definition) is 6. The van der Waals surface area contributed by atoms with E-state index >= 15 is 0 Å². The van der Waals surface area contributed by atoms with E-state index in [1.54, 1.807) is 17.7 Å². The number of hydrogen-bond donors (Lipinski definition) is 1. The Morgan fingerprint density at radius 2 is 1.81 bits per heavy atom. The van der Waals surface area contributed by atoms with Gasteiger partial charge in [-0.05, 0) is 62.7 Å². The van der Waals surface area contributed by atoms with Gasteiger partial charge in [-0.15, -0.1) is 5.10 Å². The van der Waals surface area contributed by atoms with Crippen LogP contribution in [0.4, 0.5) is 11.6 Å². The van der Waals surface area contributed by atoms with Gasteiger partial charge in [-0.25, -0.2) is 9.31 Å². The highest BCUT2D eigenvalue weighted by Crippen LogP contribution is 2.27. The van der Waals surface area contributed by atoms with E-state index in [9.17, 15) is 4.79 Å². The second-order valence-electron chi connectivity index (χ2n) is 8.06. The second kappa shape index (κ2) is 8.10. The monoisotopic (exact) mass is 416 g/mol. The quantitative estimate of drug-likeness (QED) is 0.456. The number of pyridine rings is 1. The molecule has 31 heavy (non-hydrogen) atoms. The summed E-state index contributed by atoms with van der Waals surface area (Å²) in [6.07, 6.45) is 1.88. The van der Waals surface area contributed by atoms with E-state index in [2.05, 4.69) is 15.4 Å². The number of aromatic nitrogens is 3. The molecule has 2 heterocycles. The van der Waals surface area contributed by atoms with Gasteiger partial charge in [-0.2, -0.15) is 4.98 Å². The minimum absolute atomic E-state index is 0.348. The maximum absolute atomic E-state index is 12.4. The van der Waals surface area contributed by atoms with E-state index in [0.29, 0.717) is 22.9 Å². The Balaban J connectivity index is 1.61. The summed E-state index contributed by atoms with van der Waals surface area (Å²) in [6.45, 7) is 5.55. The number of nitrogens with one attached hydrogen (secondary N) is 1. The molecule has 0 atom stereocenters. The Labute approximate surface area is 180 Å². The van der Waals surface area contributed by atoms with Crippen LogP contribution < -0.4 is 10.1 Å². The Kier molecular flexibility index (Phi) is 5.33. The van der Waals surface area contributed by atoms with Gasteiger partial charge in [-0.3, -0.25) is 0 Å². The van der Waals surface area contributed by atoms with Crippen LogP contribution in [0.5, 0.6) is 5.75 Å². The molecular weight excluding hydrogens is 392 g/mol. The summed E-state index contributed by atoms with van der Waals surface area (Å²) in [4.78, 5) is 16.9. The Bertz CT molecular complexity index is 1240. The molecule has 4 rings (SSSR count). The molecule has 1 N–H and O–H groups in total. The molecule has 0 unspecified atom stereocenters. The third kappa shape index (κ3) is 4.66. The number of nitrogens with zero attached hydrogens (tertiary/aromatic N) is 3. The first kappa shape index (κ1) is 20.4. The van der Waals surface area contributed by atoms with E-state index in [-0.39, 0.29) is 5.97 Å². The zero-order chi connectivity index (χ0) is 22.0. The lowest BCUT2D eigenvalue weighted by molar-refractivity contribution is 0.00695. The Hall–Kier alpha value is -3.87. The zero-order valence-corrected chi connectivity index (χ0v) is 17.9. The first-order chi connectivity index (χ1) is 14.8. The number of esters is 1. The van der Waals surface area contributed by atoms with Crippen LogP contribution in [0.1, 0.15) is 31.1 Å². The number of para-hydroxylation sites is 2. The first-order valence-electron chi connectivity index (χ1n) is 9.93. The number of methoxy groups -OCH3 is 1. The highest BCUT2D eigenvalue weighted by atomic mass is 16.6. The summed E-state index contributed by atoms with van der Waals surface area (Å²) < 4.78 is 12.5. The minimum Gasteiger partial charge on any atom is -0.495 e. The van der Waals surface area contributed by atoms with E-state index in [1.807, 2.05) is 81.6 Å². The maximum atomic E-state index is 12.4. The van der Waals surface area contributed by atoms with E-state index < -0.39 is 5.60 Å². The Morgan fingerprint density at radius 1 is 1.00 bits per heavy atom. The van der Waals surface area contributed by atoms with Crippen molar-refractivity contribution in [3.8, 4) is 16.9 Å². The molecular formula is C24H24N4O3. The van der Waals surface area contributed by atoms with Gasteiger partial charge < -0.3 is 14.8 Å². The lowest BCUT2D eigenvalue weighted by atomic mass is 10.0. The molecule has 0 saturated heterocycles. The molecule has 0 fully saturated rings. The number of benzene rings is 2. The van der Waals surface area contributed by atoms with E-state index in [4.69, 9.17) is 9.47 Å². The first-order valence-corrected chi connectivity index (χ1v) is 9.93. The van der Waals surface area contributed by atoms with Crippen LogP contribution in [0.15, 0.2) is 66.9 Å². The van der Waals surface area contributed by atoms with Gasteiger partial charge >= 0.3 is 5.97 Å². The molecule has 2 aromatic heterocycles. The maximum Gasteiger partial charge on any atom is 0.338 e. The van der Waals surface area contributed by atoms with Gasteiger partial charge in [0.2, 0.25) is 5.95 Å². The smallest absolute Gasteiger partial charge is 0.338 e. The molecule has 0 amide bonds. The molecule has 0 bridgehead atoms. The molecule has 0 saturated carbocycles. The average molecular weight is 416 g/mol. The van der Waals surface area contributed by atoms with Gasteiger partial charge in [0, 0.05) is 11.8 Å². The van der Waals surface area contributed by atoms with Crippen LogP contribution in [0.25, 0.3) is 16.8 Å². The molecule has 0 spiro atoms. The van der Waals surface area contributed by atoms with Crippen LogP contribution in [0.3, 0.4) is 0 Å². The van der Waals surface area contributed by atoms with E-state index in [0.717, 1.165) is 16.8 Å². The molecule has 2 aromatic carbocycles. The number of anilines is 2. The van der Waals surface area contributed by atoms with Crippen molar-refractivity contribution in [2.24, 2.45) is 0 Å². The van der Waals surface area contributed by atoms with Gasteiger partial charge in [0.15, 0.2) is 5.65 Å². The van der Waals surface area contributed by atoms with Gasteiger partial charge in [0.1, 0.15) is 11.4 Å². The molecule has 158 valence electrons. The van der Waals surface area contributed by atoms with Crippen molar-refractivity contribution in [1.29, 1.82) is 0 Å². The fourth-order valence-electron chi connectivity index (χ4n) is 3.14. The predicted molar refractivity (Wildman–Crippen MR) is 120 cm³/mol. The lowest BCUT2D eigenvalue weighted by Gasteiger charge is -2.19. The summed E-state index contributed by atoms with van der Waals surface area (Å²) in [6, 6.07) is 18.8. The highest BCUT2D eigenvalue weighted by Gasteiger charge is 2.18. The van der Waals surface area contributed by atoms with Crippen LogP contribution in [0.2, 0.25) is 0 Å². The summed E-state index contributed by atoms with van der Waals surface area (Å²) in [7, 11) is 1.62. The number of carbonyl (C=O) groups is 1. The Morgan fingerprint density at radius 3 is 2.58 bits per heavy atom. The lowest BCUT2D eigenvalue weighted by Crippen LogP contribution is -2.23. The van der Waals surface area contributed by atoms with Crippen LogP contribution in [0, 0.1) is 0 Å². The normalized spacial score (nSPS) is 11.4. The van der Waals surface area contributed by atoms with Crippen LogP contribution >= 0.6 is 0 Å². The highest BCUT2D eigenvalue weighted by molar-refractivity contribution is 5.91. The van der Waals surface area contributed by atoms with Crippen molar-refractivity contribution in [1.82, 2.24) is 14.6 Å². The number of carbonyl (C=O) groups excluding carboxylic acids is 1. The third-order valence-corrected chi connectivity index (χ3v) is 4.51. The molecule has 4 aromatic rings. The molecule has 0 radical (unpaired) electrons. The predicted octanol–water partition coefficient (Wildman–Crippen LogP) is 5.10. The fourth-order valence-corrected chi connectivity index (χ4v) is 3.14. The topological polar surface area (TPSA) is 77.8 Å². The van der Waals surface area contributed by atoms with Crippen molar-refractivity contribution in [2.75, 3.05) is 12.4 Å². The SMILES string of the molecule is COc1ccccc1Nc1nc2ccc(-c3cccc(C(=O)OC(C)(C)C)c3)cn2n1. The summed E-state index contributed by atoms with van der Waals surface area (Å²) >= 11 is 0. The van der Waals surface area contributed by atoms with Crippen molar-refractivity contribution in [2.45, 2.75) is 26.4 Å². The van der Waals surface area contributed by atoms with Crippen molar-refractivity contribution in [3.63, 3.8) is 0 Å². The molecule has 7 nitrogen and oxygen atoms in total. The summed E-state index contributed by atoms with van der Waals surface area (Å²) in [5, 5.41) is 7.71. The second-order valence-corrected chi connectivity index (χ2v) is 8.06. The van der Waals surface area contributed by atoms with Gasteiger partial charge in [-0.1, -0.05) is 24.3 Å². The molecule has 0 aliphatic rings. The summed E-state index contributed by atoms with van der Waals surface area (Å²) in [5.41, 5.74) is 3.24. The average Bonchev–Trinajstić information content (AvgIpc) is 3.14. The minimum atomic E-state index is -0.544. The molecule has 7 heteroatoms.